The van der Waals surface area contributed by atoms with Gasteiger partial charge < -0.3 is 5.32 Å². The Balaban J connectivity index is 1.90. The summed E-state index contributed by atoms with van der Waals surface area (Å²) in [5.41, 5.74) is 1.25. The molecule has 2 heterocycles. The summed E-state index contributed by atoms with van der Waals surface area (Å²) in [6, 6.07) is 26.8. The van der Waals surface area contributed by atoms with Crippen LogP contribution in [0, 0.1) is 6.92 Å². The predicted octanol–water partition coefficient (Wildman–Crippen LogP) is 4.23. The molecular weight excluding hydrogens is 388 g/mol. The third-order valence-electron chi connectivity index (χ3n) is 6.54. The zero-order valence-electron chi connectivity index (χ0n) is 17.7. The maximum absolute atomic E-state index is 13.7. The molecule has 2 fully saturated rings. The van der Waals surface area contributed by atoms with Crippen molar-refractivity contribution in [1.82, 2.24) is 15.1 Å². The number of anilines is 1. The Labute approximate surface area is 181 Å². The molecule has 0 unspecified atom stereocenters. The lowest BCUT2D eigenvalue weighted by Crippen LogP contribution is -2.62. The van der Waals surface area contributed by atoms with E-state index < -0.39 is 11.3 Å². The lowest BCUT2D eigenvalue weighted by Gasteiger charge is -2.47. The van der Waals surface area contributed by atoms with E-state index in [2.05, 4.69) is 5.32 Å². The van der Waals surface area contributed by atoms with Gasteiger partial charge >= 0.3 is 12.1 Å². The maximum Gasteiger partial charge on any atom is 0.326 e. The van der Waals surface area contributed by atoms with Gasteiger partial charge in [0, 0.05) is 30.9 Å². The molecule has 0 saturated carbocycles. The van der Waals surface area contributed by atoms with E-state index in [-0.39, 0.29) is 12.1 Å². The van der Waals surface area contributed by atoms with Crippen molar-refractivity contribution >= 4 is 17.7 Å². The summed E-state index contributed by atoms with van der Waals surface area (Å²) in [6.45, 7) is 2.01. The van der Waals surface area contributed by atoms with Gasteiger partial charge in [-0.2, -0.15) is 0 Å². The number of benzene rings is 3. The molecule has 0 bridgehead atoms. The number of nitrogens with one attached hydrogen (secondary N) is 1. The van der Waals surface area contributed by atoms with Crippen molar-refractivity contribution in [3.05, 3.63) is 102 Å². The van der Waals surface area contributed by atoms with Gasteiger partial charge in [-0.3, -0.25) is 14.7 Å². The fourth-order valence-corrected chi connectivity index (χ4v) is 5.17. The summed E-state index contributed by atoms with van der Waals surface area (Å²) in [4.78, 5) is 32.2. The Morgan fingerprint density at radius 1 is 0.710 bits per heavy atom. The van der Waals surface area contributed by atoms with Gasteiger partial charge in [-0.05, 0) is 19.1 Å². The monoisotopic (exact) mass is 412 g/mol. The average molecular weight is 412 g/mol. The lowest BCUT2D eigenvalue weighted by molar-refractivity contribution is 0.0784. The van der Waals surface area contributed by atoms with Gasteiger partial charge in [-0.15, -0.1) is 0 Å². The van der Waals surface area contributed by atoms with Gasteiger partial charge in [0.1, 0.15) is 0 Å². The SMILES string of the molecule is Cc1ccc(N2C(=O)N[C@@]3(c4ccccc4)N(C)C(=O)N(C)[C@@]23c2ccccc2)cc1. The largest absolute Gasteiger partial charge is 0.326 e. The number of nitrogens with zero attached hydrogens (tertiary/aromatic N) is 3. The quantitative estimate of drug-likeness (QED) is 0.700. The standard InChI is InChI=1S/C25H24N4O2/c1-18-14-16-21(17-15-18)29-22(30)26-24(19-10-6-4-7-11-19)25(29,20-12-8-5-9-13-20)28(3)23(31)27(24)2/h4-17H,1-3H3,(H,26,30)/t24-,25-/m0/s1. The summed E-state index contributed by atoms with van der Waals surface area (Å²) in [5, 5.41) is 3.21. The second-order valence-corrected chi connectivity index (χ2v) is 8.12. The summed E-state index contributed by atoms with van der Waals surface area (Å²) in [6.07, 6.45) is 0. The van der Waals surface area contributed by atoms with Gasteiger partial charge in [0.15, 0.2) is 11.3 Å². The molecule has 0 aliphatic carbocycles. The zero-order valence-corrected chi connectivity index (χ0v) is 17.7. The van der Waals surface area contributed by atoms with Gasteiger partial charge in [0.05, 0.1) is 0 Å². The molecule has 6 nitrogen and oxygen atoms in total. The number of amides is 4. The highest BCUT2D eigenvalue weighted by Gasteiger charge is 2.75. The summed E-state index contributed by atoms with van der Waals surface area (Å²) in [7, 11) is 3.51. The maximum atomic E-state index is 13.7. The second-order valence-electron chi connectivity index (χ2n) is 8.12. The van der Waals surface area contributed by atoms with Gasteiger partial charge in [-0.25, -0.2) is 9.59 Å². The molecule has 2 aliphatic heterocycles. The van der Waals surface area contributed by atoms with Crippen LogP contribution in [0.4, 0.5) is 15.3 Å². The highest BCUT2D eigenvalue weighted by molar-refractivity contribution is 6.01. The Kier molecular flexibility index (Phi) is 4.09. The minimum Gasteiger partial charge on any atom is -0.307 e. The van der Waals surface area contributed by atoms with Gasteiger partial charge in [-0.1, -0.05) is 78.4 Å². The molecule has 5 rings (SSSR count). The van der Waals surface area contributed by atoms with E-state index in [9.17, 15) is 9.59 Å². The number of carbonyl (C=O) groups excluding carboxylic acids is 2. The van der Waals surface area contributed by atoms with E-state index >= 15 is 0 Å². The first-order valence-electron chi connectivity index (χ1n) is 10.3. The molecule has 3 aromatic rings. The predicted molar refractivity (Wildman–Crippen MR) is 119 cm³/mol. The van der Waals surface area contributed by atoms with Crippen LogP contribution in [0.3, 0.4) is 0 Å². The molecule has 0 radical (unpaired) electrons. The molecular formula is C25H24N4O2. The lowest BCUT2D eigenvalue weighted by atomic mass is 9.80. The third kappa shape index (κ3) is 2.27. The van der Waals surface area contributed by atoms with E-state index in [0.29, 0.717) is 0 Å². The first-order valence-corrected chi connectivity index (χ1v) is 10.3. The minimum atomic E-state index is -1.13. The molecule has 0 spiro atoms. The molecule has 31 heavy (non-hydrogen) atoms. The van der Waals surface area contributed by atoms with E-state index in [1.807, 2.05) is 91.9 Å². The smallest absolute Gasteiger partial charge is 0.307 e. The minimum absolute atomic E-state index is 0.176. The van der Waals surface area contributed by atoms with Gasteiger partial charge in [0.25, 0.3) is 0 Å². The van der Waals surface area contributed by atoms with Crippen LogP contribution in [-0.4, -0.2) is 36.0 Å². The van der Waals surface area contributed by atoms with Gasteiger partial charge in [0.2, 0.25) is 0 Å². The molecule has 6 heteroatoms. The fourth-order valence-electron chi connectivity index (χ4n) is 5.17. The van der Waals surface area contributed by atoms with Crippen molar-refractivity contribution in [3.63, 3.8) is 0 Å². The first kappa shape index (κ1) is 19.2. The molecule has 2 aliphatic rings. The Morgan fingerprint density at radius 2 is 1.26 bits per heavy atom. The zero-order chi connectivity index (χ0) is 21.8. The number of likely N-dealkylation sites (N-methyl/N-ethyl adjacent to an activating group) is 2. The van der Waals surface area contributed by atoms with Crippen LogP contribution >= 0.6 is 0 Å². The van der Waals surface area contributed by atoms with Crippen molar-refractivity contribution in [2.75, 3.05) is 19.0 Å². The number of fused-ring (bicyclic) bond motifs is 1. The van der Waals surface area contributed by atoms with Crippen molar-refractivity contribution in [2.24, 2.45) is 0 Å². The highest BCUT2D eigenvalue weighted by atomic mass is 16.2. The molecule has 0 aromatic heterocycles. The second kappa shape index (κ2) is 6.60. The van der Waals surface area contributed by atoms with Crippen LogP contribution < -0.4 is 10.2 Å². The Bertz CT molecular complexity index is 1150. The third-order valence-corrected chi connectivity index (χ3v) is 6.54. The molecule has 156 valence electrons. The summed E-state index contributed by atoms with van der Waals surface area (Å²) >= 11 is 0. The van der Waals surface area contributed by atoms with Crippen LogP contribution in [0.25, 0.3) is 0 Å². The average Bonchev–Trinajstić information content (AvgIpc) is 3.17. The number of hydrogen-bond acceptors (Lipinski definition) is 2. The van der Waals surface area contributed by atoms with Crippen molar-refractivity contribution in [2.45, 2.75) is 18.2 Å². The highest BCUT2D eigenvalue weighted by Crippen LogP contribution is 2.57. The van der Waals surface area contributed by atoms with E-state index in [0.717, 1.165) is 22.4 Å². The number of aryl methyl sites for hydroxylation is 1. The summed E-state index contributed by atoms with van der Waals surface area (Å²) in [5.74, 6) is 0. The van der Waals surface area contributed by atoms with Crippen LogP contribution in [-0.2, 0) is 11.3 Å². The number of rotatable bonds is 3. The van der Waals surface area contributed by atoms with Crippen molar-refractivity contribution < 1.29 is 9.59 Å². The topological polar surface area (TPSA) is 55.9 Å². The van der Waals surface area contributed by atoms with Crippen molar-refractivity contribution in [3.8, 4) is 0 Å². The molecule has 3 aromatic carbocycles. The van der Waals surface area contributed by atoms with Crippen LogP contribution in [0.5, 0.6) is 0 Å². The number of urea groups is 2. The van der Waals surface area contributed by atoms with E-state index in [1.165, 1.54) is 0 Å². The van der Waals surface area contributed by atoms with E-state index in [4.69, 9.17) is 0 Å². The number of carbonyl (C=O) groups is 2. The van der Waals surface area contributed by atoms with Crippen LogP contribution in [0.15, 0.2) is 84.9 Å². The Morgan fingerprint density at radius 3 is 1.84 bits per heavy atom. The first-order chi connectivity index (χ1) is 14.9. The molecule has 4 amide bonds. The van der Waals surface area contributed by atoms with E-state index in [1.54, 1.807) is 28.8 Å². The summed E-state index contributed by atoms with van der Waals surface area (Å²) < 4.78 is 0. The Hall–Kier alpha value is -3.80. The molecule has 1 N–H and O–H groups in total. The normalized spacial score (nSPS) is 25.1. The van der Waals surface area contributed by atoms with Crippen molar-refractivity contribution in [1.29, 1.82) is 0 Å². The number of hydrogen-bond donors (Lipinski definition) is 1. The molecule has 2 atom stereocenters. The molecule has 2 saturated heterocycles. The fraction of sp³-hybridized carbons (Fsp3) is 0.200. The van der Waals surface area contributed by atoms with Crippen LogP contribution in [0.1, 0.15) is 16.7 Å². The van der Waals surface area contributed by atoms with Crippen LogP contribution in [0.2, 0.25) is 0 Å².